The van der Waals surface area contributed by atoms with Crippen molar-refractivity contribution in [2.45, 2.75) is 32.7 Å². The summed E-state index contributed by atoms with van der Waals surface area (Å²) in [6.07, 6.45) is 1.04. The molecule has 0 saturated carbocycles. The summed E-state index contributed by atoms with van der Waals surface area (Å²) in [7, 11) is 0. The lowest BCUT2D eigenvalue weighted by Gasteiger charge is -2.02. The summed E-state index contributed by atoms with van der Waals surface area (Å²) in [6.45, 7) is 4.54. The average Bonchev–Trinajstić information content (AvgIpc) is 2.15. The van der Waals surface area contributed by atoms with Gasteiger partial charge in [0.1, 0.15) is 6.04 Å². The molecule has 0 aromatic heterocycles. The summed E-state index contributed by atoms with van der Waals surface area (Å²) >= 11 is 0. The molecule has 14 heavy (non-hydrogen) atoms. The molecule has 0 aliphatic heterocycles. The first-order valence-electron chi connectivity index (χ1n) is 4.64. The fourth-order valence-electron chi connectivity index (χ4n) is 0.678. The van der Waals surface area contributed by atoms with Crippen molar-refractivity contribution in [2.24, 2.45) is 17.2 Å². The number of nitrogens with two attached hydrogens (primary N) is 3. The van der Waals surface area contributed by atoms with Crippen molar-refractivity contribution in [1.29, 1.82) is 0 Å². The summed E-state index contributed by atoms with van der Waals surface area (Å²) in [4.78, 5) is 12.9. The maximum atomic E-state index is 10.2. The molecule has 0 aromatic carbocycles. The standard InChI is InChI=1S/C6H14N4O2.C2H6/c7-4(5(11)12)2-1-3-10-6(8)9;1-2/h4H,1-3,7H2,(H,11,12)(H4,8,9,10);1-2H3/p+1. The fraction of sp³-hybridized carbons (Fsp3) is 0.750. The van der Waals surface area contributed by atoms with Gasteiger partial charge in [-0.3, -0.25) is 21.3 Å². The van der Waals surface area contributed by atoms with Gasteiger partial charge in [0.05, 0.1) is 6.54 Å². The molecule has 84 valence electrons. The van der Waals surface area contributed by atoms with E-state index < -0.39 is 12.0 Å². The van der Waals surface area contributed by atoms with Crippen molar-refractivity contribution in [3.63, 3.8) is 0 Å². The number of nitrogens with one attached hydrogen (secondary N) is 1. The number of hydrogen-bond acceptors (Lipinski definition) is 2. The third kappa shape index (κ3) is 10.7. The largest absolute Gasteiger partial charge is 0.480 e. The molecule has 0 aliphatic carbocycles. The van der Waals surface area contributed by atoms with Crippen LogP contribution in [0.15, 0.2) is 0 Å². The van der Waals surface area contributed by atoms with E-state index in [2.05, 4.69) is 4.99 Å². The molecule has 0 amide bonds. The van der Waals surface area contributed by atoms with E-state index in [-0.39, 0.29) is 5.96 Å². The molecule has 0 spiro atoms. The summed E-state index contributed by atoms with van der Waals surface area (Å²) in [5.41, 5.74) is 15.4. The van der Waals surface area contributed by atoms with E-state index in [9.17, 15) is 4.79 Å². The van der Waals surface area contributed by atoms with Crippen LogP contribution in [-0.4, -0.2) is 29.6 Å². The molecule has 6 nitrogen and oxygen atoms in total. The van der Waals surface area contributed by atoms with E-state index in [0.29, 0.717) is 19.4 Å². The van der Waals surface area contributed by atoms with Crippen LogP contribution in [0, 0.1) is 0 Å². The second-order valence-corrected chi connectivity index (χ2v) is 2.47. The van der Waals surface area contributed by atoms with E-state index in [0.717, 1.165) is 0 Å². The normalized spacial score (nSPS) is 10.8. The van der Waals surface area contributed by atoms with Gasteiger partial charge in [-0.15, -0.1) is 0 Å². The summed E-state index contributed by atoms with van der Waals surface area (Å²) in [5.74, 6) is -0.849. The minimum Gasteiger partial charge on any atom is -0.480 e. The number of carboxylic acid groups (broad SMARTS) is 1. The van der Waals surface area contributed by atoms with E-state index in [1.165, 1.54) is 0 Å². The van der Waals surface area contributed by atoms with Crippen LogP contribution < -0.4 is 22.2 Å². The van der Waals surface area contributed by atoms with Gasteiger partial charge in [0.25, 0.3) is 0 Å². The van der Waals surface area contributed by atoms with Gasteiger partial charge in [-0.05, 0) is 12.8 Å². The summed E-state index contributed by atoms with van der Waals surface area (Å²) < 4.78 is 0. The molecule has 0 fully saturated rings. The third-order valence-corrected chi connectivity index (χ3v) is 1.34. The van der Waals surface area contributed by atoms with Gasteiger partial charge < -0.3 is 10.8 Å². The lowest BCUT2D eigenvalue weighted by atomic mass is 10.2. The van der Waals surface area contributed by atoms with Crippen LogP contribution in [0.3, 0.4) is 0 Å². The molecule has 0 saturated heterocycles. The lowest BCUT2D eigenvalue weighted by Crippen LogP contribution is -2.78. The maximum absolute atomic E-state index is 10.2. The van der Waals surface area contributed by atoms with Crippen LogP contribution in [0.1, 0.15) is 26.7 Å². The van der Waals surface area contributed by atoms with E-state index in [1.807, 2.05) is 13.8 Å². The monoisotopic (exact) mass is 205 g/mol. The van der Waals surface area contributed by atoms with Crippen molar-refractivity contribution in [1.82, 2.24) is 0 Å². The average molecular weight is 205 g/mol. The number of carboxylic acids is 1. The van der Waals surface area contributed by atoms with Crippen LogP contribution in [0.2, 0.25) is 0 Å². The second-order valence-electron chi connectivity index (χ2n) is 2.47. The predicted octanol–water partition coefficient (Wildman–Crippen LogP) is -2.44. The Balaban J connectivity index is 0. The van der Waals surface area contributed by atoms with Crippen LogP contribution in [0.4, 0.5) is 0 Å². The lowest BCUT2D eigenvalue weighted by molar-refractivity contribution is -0.459. The molecule has 8 N–H and O–H groups in total. The van der Waals surface area contributed by atoms with Crippen molar-refractivity contribution in [3.05, 3.63) is 0 Å². The summed E-state index contributed by atoms with van der Waals surface area (Å²) in [5, 5.41) is 8.39. The van der Waals surface area contributed by atoms with Crippen LogP contribution in [0.5, 0.6) is 0 Å². The third-order valence-electron chi connectivity index (χ3n) is 1.34. The smallest absolute Gasteiger partial charge is 0.338 e. The van der Waals surface area contributed by atoms with Gasteiger partial charge in [-0.2, -0.15) is 0 Å². The highest BCUT2D eigenvalue weighted by Crippen LogP contribution is 1.90. The highest BCUT2D eigenvalue weighted by Gasteiger charge is 2.09. The zero-order valence-corrected chi connectivity index (χ0v) is 8.79. The number of aliphatic carboxylic acids is 1. The topological polar surface area (TPSA) is 129 Å². The molecule has 0 rings (SSSR count). The molecule has 0 aliphatic rings. The molecular weight excluding hydrogens is 184 g/mol. The molecule has 1 unspecified atom stereocenters. The predicted molar refractivity (Wildman–Crippen MR) is 55.4 cm³/mol. The molecule has 0 radical (unpaired) electrons. The maximum Gasteiger partial charge on any atom is 0.338 e. The SMILES string of the molecule is CC.NC(N)=[NH+]CCCC(N)C(=O)O. The quantitative estimate of drug-likeness (QED) is 0.193. The van der Waals surface area contributed by atoms with Crippen LogP contribution in [0.25, 0.3) is 0 Å². The highest BCUT2D eigenvalue weighted by molar-refractivity contribution is 5.72. The van der Waals surface area contributed by atoms with Gasteiger partial charge in [0.15, 0.2) is 0 Å². The molecule has 1 atom stereocenters. The Morgan fingerprint density at radius 3 is 2.29 bits per heavy atom. The van der Waals surface area contributed by atoms with Gasteiger partial charge in [-0.1, -0.05) is 13.8 Å². The van der Waals surface area contributed by atoms with E-state index in [1.54, 1.807) is 0 Å². The Morgan fingerprint density at radius 2 is 1.93 bits per heavy atom. The number of guanidine groups is 1. The highest BCUT2D eigenvalue weighted by atomic mass is 16.4. The second kappa shape index (κ2) is 9.79. The fourth-order valence-corrected chi connectivity index (χ4v) is 0.678. The van der Waals surface area contributed by atoms with Crippen molar-refractivity contribution >= 4 is 11.9 Å². The van der Waals surface area contributed by atoms with E-state index in [4.69, 9.17) is 22.3 Å². The van der Waals surface area contributed by atoms with Crippen molar-refractivity contribution < 1.29 is 14.9 Å². The number of rotatable bonds is 5. The van der Waals surface area contributed by atoms with Gasteiger partial charge in [-0.25, -0.2) is 0 Å². The first-order valence-corrected chi connectivity index (χ1v) is 4.64. The number of carbonyl (C=O) groups is 1. The van der Waals surface area contributed by atoms with Crippen molar-refractivity contribution in [2.75, 3.05) is 6.54 Å². The first kappa shape index (κ1) is 15.2. The Hall–Kier alpha value is -1.30. The minimum atomic E-state index is -0.986. The molecule has 0 bridgehead atoms. The zero-order valence-electron chi connectivity index (χ0n) is 8.79. The molecule has 0 heterocycles. The molecule has 0 aromatic rings. The van der Waals surface area contributed by atoms with Gasteiger partial charge in [0, 0.05) is 0 Å². The Kier molecular flexibility index (Phi) is 10.6. The Morgan fingerprint density at radius 1 is 1.43 bits per heavy atom. The van der Waals surface area contributed by atoms with Crippen molar-refractivity contribution in [3.8, 4) is 0 Å². The summed E-state index contributed by atoms with van der Waals surface area (Å²) in [6, 6.07) is -0.800. The molecular formula is C8H21N4O2+. The Bertz CT molecular complexity index is 178. The van der Waals surface area contributed by atoms with E-state index >= 15 is 0 Å². The first-order chi connectivity index (χ1) is 6.54. The Labute approximate surface area is 84.2 Å². The van der Waals surface area contributed by atoms with Gasteiger partial charge >= 0.3 is 11.9 Å². The van der Waals surface area contributed by atoms with Gasteiger partial charge in [0.2, 0.25) is 0 Å². The van der Waals surface area contributed by atoms with Crippen LogP contribution in [-0.2, 0) is 4.79 Å². The van der Waals surface area contributed by atoms with Crippen LogP contribution >= 0.6 is 0 Å². The number of hydrogen-bond donors (Lipinski definition) is 5. The minimum absolute atomic E-state index is 0.138. The zero-order chi connectivity index (χ0) is 11.6. The molecule has 6 heteroatoms.